The van der Waals surface area contributed by atoms with Gasteiger partial charge >= 0.3 is 0 Å². The van der Waals surface area contributed by atoms with Crippen LogP contribution in [0.1, 0.15) is 39.2 Å². The molecule has 0 amide bonds. The standard InChI is InChI=1S/C18H29N3S/c1-5-15-8-6-7-9-17(15)19-18(22)21-12-10-16(11-13-21)20(4)14(2)3/h6-9,14,16H,5,10-13H2,1-4H3,(H,19,22). The molecule has 0 radical (unpaired) electrons. The smallest absolute Gasteiger partial charge is 0.173 e. The summed E-state index contributed by atoms with van der Waals surface area (Å²) in [6.07, 6.45) is 3.39. The molecule has 1 aliphatic rings. The largest absolute Gasteiger partial charge is 0.349 e. The Kier molecular flexibility index (Phi) is 6.21. The average Bonchev–Trinajstić information content (AvgIpc) is 2.54. The molecule has 1 aromatic rings. The molecule has 1 aromatic carbocycles. The van der Waals surface area contributed by atoms with Crippen molar-refractivity contribution in [1.29, 1.82) is 0 Å². The predicted octanol–water partition coefficient (Wildman–Crippen LogP) is 3.75. The van der Waals surface area contributed by atoms with Crippen molar-refractivity contribution in [1.82, 2.24) is 9.80 Å². The lowest BCUT2D eigenvalue weighted by Gasteiger charge is -2.39. The third-order valence-corrected chi connectivity index (χ3v) is 5.14. The summed E-state index contributed by atoms with van der Waals surface area (Å²) in [4.78, 5) is 4.80. The van der Waals surface area contributed by atoms with Crippen LogP contribution in [-0.2, 0) is 6.42 Å². The third kappa shape index (κ3) is 4.20. The molecule has 0 spiro atoms. The number of piperidine rings is 1. The van der Waals surface area contributed by atoms with E-state index in [0.717, 1.165) is 30.3 Å². The van der Waals surface area contributed by atoms with Crippen molar-refractivity contribution in [3.05, 3.63) is 29.8 Å². The predicted molar refractivity (Wildman–Crippen MR) is 99.5 cm³/mol. The molecule has 0 aliphatic carbocycles. The minimum atomic E-state index is 0.609. The Morgan fingerprint density at radius 3 is 2.55 bits per heavy atom. The first kappa shape index (κ1) is 17.2. The number of likely N-dealkylation sites (tertiary alicyclic amines) is 1. The Morgan fingerprint density at radius 2 is 1.95 bits per heavy atom. The van der Waals surface area contributed by atoms with Crippen LogP contribution in [0.15, 0.2) is 24.3 Å². The van der Waals surface area contributed by atoms with Gasteiger partial charge in [-0.1, -0.05) is 25.1 Å². The summed E-state index contributed by atoms with van der Waals surface area (Å²) in [7, 11) is 2.24. The van der Waals surface area contributed by atoms with E-state index in [9.17, 15) is 0 Å². The quantitative estimate of drug-likeness (QED) is 0.852. The molecule has 0 bridgehead atoms. The number of rotatable bonds is 4. The molecule has 22 heavy (non-hydrogen) atoms. The van der Waals surface area contributed by atoms with Gasteiger partial charge in [0.25, 0.3) is 0 Å². The van der Waals surface area contributed by atoms with Gasteiger partial charge in [0.2, 0.25) is 0 Å². The van der Waals surface area contributed by atoms with Crippen molar-refractivity contribution in [2.75, 3.05) is 25.5 Å². The Morgan fingerprint density at radius 1 is 1.32 bits per heavy atom. The van der Waals surface area contributed by atoms with Gasteiger partial charge in [0.05, 0.1) is 0 Å². The highest BCUT2D eigenvalue weighted by Gasteiger charge is 2.24. The summed E-state index contributed by atoms with van der Waals surface area (Å²) in [5.74, 6) is 0. The average molecular weight is 320 g/mol. The van der Waals surface area contributed by atoms with E-state index in [2.05, 4.69) is 67.2 Å². The molecule has 3 nitrogen and oxygen atoms in total. The van der Waals surface area contributed by atoms with Gasteiger partial charge < -0.3 is 15.1 Å². The first-order valence-electron chi connectivity index (χ1n) is 8.38. The fourth-order valence-electron chi connectivity index (χ4n) is 3.04. The van der Waals surface area contributed by atoms with E-state index in [1.165, 1.54) is 18.4 Å². The number of thiocarbonyl (C=S) groups is 1. The van der Waals surface area contributed by atoms with E-state index in [-0.39, 0.29) is 0 Å². The van der Waals surface area contributed by atoms with Crippen LogP contribution in [0.5, 0.6) is 0 Å². The highest BCUT2D eigenvalue weighted by Crippen LogP contribution is 2.20. The molecular weight excluding hydrogens is 290 g/mol. The molecule has 0 atom stereocenters. The molecule has 1 N–H and O–H groups in total. The number of nitrogens with one attached hydrogen (secondary N) is 1. The molecule has 1 heterocycles. The lowest BCUT2D eigenvalue weighted by Crippen LogP contribution is -2.48. The summed E-state index contributed by atoms with van der Waals surface area (Å²) in [5, 5.41) is 4.31. The number of nitrogens with zero attached hydrogens (tertiary/aromatic N) is 2. The van der Waals surface area contributed by atoms with Gasteiger partial charge in [0.15, 0.2) is 5.11 Å². The lowest BCUT2D eigenvalue weighted by atomic mass is 10.0. The molecule has 4 heteroatoms. The van der Waals surface area contributed by atoms with E-state index < -0.39 is 0 Å². The van der Waals surface area contributed by atoms with Crippen LogP contribution in [0.4, 0.5) is 5.69 Å². The lowest BCUT2D eigenvalue weighted by molar-refractivity contribution is 0.136. The minimum Gasteiger partial charge on any atom is -0.349 e. The van der Waals surface area contributed by atoms with Crippen molar-refractivity contribution in [2.45, 2.75) is 52.1 Å². The van der Waals surface area contributed by atoms with Crippen molar-refractivity contribution in [3.63, 3.8) is 0 Å². The second-order valence-electron chi connectivity index (χ2n) is 6.42. The Labute approximate surface area is 140 Å². The monoisotopic (exact) mass is 319 g/mol. The maximum Gasteiger partial charge on any atom is 0.173 e. The maximum atomic E-state index is 5.62. The van der Waals surface area contributed by atoms with Crippen LogP contribution in [0.25, 0.3) is 0 Å². The summed E-state index contributed by atoms with van der Waals surface area (Å²) in [5.41, 5.74) is 2.47. The first-order chi connectivity index (χ1) is 10.5. The van der Waals surface area contributed by atoms with Crippen LogP contribution in [0, 0.1) is 0 Å². The van der Waals surface area contributed by atoms with Crippen molar-refractivity contribution in [2.24, 2.45) is 0 Å². The van der Waals surface area contributed by atoms with Crippen molar-refractivity contribution in [3.8, 4) is 0 Å². The van der Waals surface area contributed by atoms with E-state index >= 15 is 0 Å². The summed E-state index contributed by atoms with van der Waals surface area (Å²) in [6.45, 7) is 8.79. The van der Waals surface area contributed by atoms with Gasteiger partial charge in [-0.3, -0.25) is 0 Å². The van der Waals surface area contributed by atoms with Crippen LogP contribution < -0.4 is 5.32 Å². The van der Waals surface area contributed by atoms with E-state index in [0.29, 0.717) is 12.1 Å². The molecule has 0 unspecified atom stereocenters. The molecule has 1 fully saturated rings. The zero-order valence-electron chi connectivity index (χ0n) is 14.3. The zero-order valence-corrected chi connectivity index (χ0v) is 15.1. The van der Waals surface area contributed by atoms with E-state index in [1.54, 1.807) is 0 Å². The van der Waals surface area contributed by atoms with E-state index in [1.807, 2.05) is 0 Å². The molecule has 0 saturated carbocycles. The molecular formula is C18H29N3S. The number of para-hydroxylation sites is 1. The second-order valence-corrected chi connectivity index (χ2v) is 6.80. The molecule has 122 valence electrons. The fourth-order valence-corrected chi connectivity index (χ4v) is 3.34. The highest BCUT2D eigenvalue weighted by molar-refractivity contribution is 7.80. The number of aryl methyl sites for hydroxylation is 1. The number of anilines is 1. The summed E-state index contributed by atoms with van der Waals surface area (Å²) >= 11 is 5.62. The van der Waals surface area contributed by atoms with Crippen LogP contribution in [0.3, 0.4) is 0 Å². The summed E-state index contributed by atoms with van der Waals surface area (Å²) in [6, 6.07) is 9.72. The van der Waals surface area contributed by atoms with Crippen molar-refractivity contribution >= 4 is 23.0 Å². The van der Waals surface area contributed by atoms with Gasteiger partial charge in [-0.15, -0.1) is 0 Å². The van der Waals surface area contributed by atoms with Gasteiger partial charge in [0, 0.05) is 30.9 Å². The third-order valence-electron chi connectivity index (χ3n) is 4.78. The zero-order chi connectivity index (χ0) is 16.1. The second kappa shape index (κ2) is 7.93. The minimum absolute atomic E-state index is 0.609. The normalized spacial score (nSPS) is 16.4. The highest BCUT2D eigenvalue weighted by atomic mass is 32.1. The number of benzene rings is 1. The molecule has 0 aromatic heterocycles. The van der Waals surface area contributed by atoms with Gasteiger partial charge in [-0.25, -0.2) is 0 Å². The molecule has 1 saturated heterocycles. The Balaban J connectivity index is 1.90. The first-order valence-corrected chi connectivity index (χ1v) is 8.79. The van der Waals surface area contributed by atoms with Gasteiger partial charge in [-0.2, -0.15) is 0 Å². The van der Waals surface area contributed by atoms with E-state index in [4.69, 9.17) is 12.2 Å². The maximum absolute atomic E-state index is 5.62. The van der Waals surface area contributed by atoms with Gasteiger partial charge in [0.1, 0.15) is 0 Å². The van der Waals surface area contributed by atoms with Crippen LogP contribution in [0.2, 0.25) is 0 Å². The summed E-state index contributed by atoms with van der Waals surface area (Å²) < 4.78 is 0. The van der Waals surface area contributed by atoms with Gasteiger partial charge in [-0.05, 0) is 64.0 Å². The Bertz CT molecular complexity index is 493. The van der Waals surface area contributed by atoms with Crippen LogP contribution in [-0.4, -0.2) is 47.1 Å². The molecule has 1 aliphatic heterocycles. The fraction of sp³-hybridized carbons (Fsp3) is 0.611. The number of hydrogen-bond donors (Lipinski definition) is 1. The van der Waals surface area contributed by atoms with Crippen LogP contribution >= 0.6 is 12.2 Å². The Hall–Kier alpha value is -1.13. The number of hydrogen-bond acceptors (Lipinski definition) is 2. The molecule has 2 rings (SSSR count). The van der Waals surface area contributed by atoms with Crippen molar-refractivity contribution < 1.29 is 0 Å². The SMILES string of the molecule is CCc1ccccc1NC(=S)N1CCC(N(C)C(C)C)CC1. The topological polar surface area (TPSA) is 18.5 Å².